The summed E-state index contributed by atoms with van der Waals surface area (Å²) < 4.78 is 25.1. The molecule has 0 aliphatic rings. The molecule has 9 heteroatoms. The molecule has 0 aliphatic carbocycles. The molecule has 0 saturated carbocycles. The summed E-state index contributed by atoms with van der Waals surface area (Å²) in [6.07, 6.45) is 0. The van der Waals surface area contributed by atoms with Crippen LogP contribution < -0.4 is 5.32 Å². The number of nitrogens with one attached hydrogen (secondary N) is 1. The minimum atomic E-state index is -3.68. The number of hydrogen-bond donors (Lipinski definition) is 1. The zero-order valence-corrected chi connectivity index (χ0v) is 16.0. The van der Waals surface area contributed by atoms with Crippen molar-refractivity contribution in [3.05, 3.63) is 66.2 Å². The topological polar surface area (TPSA) is 89.0 Å². The van der Waals surface area contributed by atoms with E-state index in [4.69, 9.17) is 0 Å². The minimum absolute atomic E-state index is 0.117. The van der Waals surface area contributed by atoms with Crippen LogP contribution in [-0.2, 0) is 20.4 Å². The minimum Gasteiger partial charge on any atom is -0.300 e. The van der Waals surface area contributed by atoms with Crippen LogP contribution in [0.15, 0.2) is 69.9 Å². The van der Waals surface area contributed by atoms with E-state index in [1.54, 1.807) is 18.2 Å². The van der Waals surface area contributed by atoms with E-state index in [0.717, 1.165) is 11.3 Å². The fourth-order valence-corrected chi connectivity index (χ4v) is 4.96. The highest BCUT2D eigenvalue weighted by molar-refractivity contribution is 8.00. The van der Waals surface area contributed by atoms with E-state index in [0.29, 0.717) is 4.34 Å². The van der Waals surface area contributed by atoms with E-state index in [2.05, 4.69) is 15.5 Å². The van der Waals surface area contributed by atoms with Gasteiger partial charge in [0.25, 0.3) is 0 Å². The van der Waals surface area contributed by atoms with Crippen LogP contribution in [0, 0.1) is 0 Å². The van der Waals surface area contributed by atoms with E-state index < -0.39 is 21.5 Å². The molecule has 134 valence electrons. The summed E-state index contributed by atoms with van der Waals surface area (Å²) >= 11 is 2.72. The van der Waals surface area contributed by atoms with Gasteiger partial charge >= 0.3 is 0 Å². The van der Waals surface area contributed by atoms with Gasteiger partial charge in [-0.25, -0.2) is 8.42 Å². The summed E-state index contributed by atoms with van der Waals surface area (Å²) in [7, 11) is -3.68. The molecule has 1 heterocycles. The van der Waals surface area contributed by atoms with Crippen molar-refractivity contribution in [1.82, 2.24) is 10.2 Å². The van der Waals surface area contributed by atoms with Crippen molar-refractivity contribution in [2.75, 3.05) is 11.1 Å². The summed E-state index contributed by atoms with van der Waals surface area (Å²) in [6.45, 7) is 0. The van der Waals surface area contributed by atoms with Crippen molar-refractivity contribution in [3.8, 4) is 0 Å². The first kappa shape index (κ1) is 18.6. The van der Waals surface area contributed by atoms with E-state index in [1.165, 1.54) is 35.2 Å². The molecule has 2 aromatic carbocycles. The highest BCUT2D eigenvalue weighted by atomic mass is 32.2. The molecule has 26 heavy (non-hydrogen) atoms. The normalized spacial score (nSPS) is 11.2. The number of carbonyl (C=O) groups is 1. The molecule has 3 rings (SSSR count). The summed E-state index contributed by atoms with van der Waals surface area (Å²) in [4.78, 5) is 12.1. The lowest BCUT2D eigenvalue weighted by molar-refractivity contribution is -0.113. The van der Waals surface area contributed by atoms with Gasteiger partial charge in [0, 0.05) is 5.75 Å². The predicted molar refractivity (Wildman–Crippen MR) is 103 cm³/mol. The molecule has 0 radical (unpaired) electrons. The Hall–Kier alpha value is -2.23. The fourth-order valence-electron chi connectivity index (χ4n) is 2.08. The molecule has 0 aliphatic heterocycles. The Bertz CT molecular complexity index is 974. The van der Waals surface area contributed by atoms with Crippen LogP contribution in [0.3, 0.4) is 0 Å². The number of sulfone groups is 1. The van der Waals surface area contributed by atoms with Crippen LogP contribution in [0.1, 0.15) is 5.56 Å². The van der Waals surface area contributed by atoms with Crippen LogP contribution in [0.4, 0.5) is 5.13 Å². The third kappa shape index (κ3) is 5.13. The van der Waals surface area contributed by atoms with Gasteiger partial charge in [-0.3, -0.25) is 10.1 Å². The molecule has 0 fully saturated rings. The maximum atomic E-state index is 12.2. The van der Waals surface area contributed by atoms with Crippen LogP contribution in [-0.4, -0.2) is 30.3 Å². The molecular weight excluding hydrogens is 390 g/mol. The highest BCUT2D eigenvalue weighted by Gasteiger charge is 2.20. The quantitative estimate of drug-likeness (QED) is 0.479. The van der Waals surface area contributed by atoms with Gasteiger partial charge in [0.2, 0.25) is 11.0 Å². The largest absolute Gasteiger partial charge is 0.300 e. The highest BCUT2D eigenvalue weighted by Crippen LogP contribution is 2.28. The van der Waals surface area contributed by atoms with E-state index in [-0.39, 0.29) is 10.0 Å². The maximum Gasteiger partial charge on any atom is 0.241 e. The number of amides is 1. The molecule has 0 saturated heterocycles. The van der Waals surface area contributed by atoms with Crippen molar-refractivity contribution in [2.24, 2.45) is 0 Å². The number of carbonyl (C=O) groups excluding carboxylic acids is 1. The molecule has 0 unspecified atom stereocenters. The second kappa shape index (κ2) is 8.43. The Kier molecular flexibility index (Phi) is 6.02. The number of rotatable bonds is 7. The van der Waals surface area contributed by atoms with Gasteiger partial charge in [0.1, 0.15) is 5.75 Å². The smallest absolute Gasteiger partial charge is 0.241 e. The number of nitrogens with zero attached hydrogens (tertiary/aromatic N) is 2. The van der Waals surface area contributed by atoms with Gasteiger partial charge in [0.05, 0.1) is 4.90 Å². The lowest BCUT2D eigenvalue weighted by Crippen LogP contribution is -2.22. The molecular formula is C17H15N3O3S3. The standard InChI is InChI=1S/C17H15N3O3S3/c21-15(12-26(22,23)14-9-5-2-6-10-14)18-16-19-20-17(25-16)24-11-13-7-3-1-4-8-13/h1-10H,11-12H2,(H,18,19,21). The van der Waals surface area contributed by atoms with Crippen molar-refractivity contribution in [3.63, 3.8) is 0 Å². The van der Waals surface area contributed by atoms with Crippen LogP contribution in [0.2, 0.25) is 0 Å². The van der Waals surface area contributed by atoms with Gasteiger partial charge in [-0.15, -0.1) is 10.2 Å². The molecule has 1 aromatic heterocycles. The van der Waals surface area contributed by atoms with Crippen LogP contribution in [0.5, 0.6) is 0 Å². The third-order valence-electron chi connectivity index (χ3n) is 3.28. The van der Waals surface area contributed by atoms with Crippen LogP contribution >= 0.6 is 23.1 Å². The first-order valence-corrected chi connectivity index (χ1v) is 11.1. The Morgan fingerprint density at radius 2 is 1.65 bits per heavy atom. The number of aromatic nitrogens is 2. The zero-order valence-electron chi connectivity index (χ0n) is 13.5. The number of thioether (sulfide) groups is 1. The Morgan fingerprint density at radius 1 is 1.00 bits per heavy atom. The predicted octanol–water partition coefficient (Wildman–Crippen LogP) is 3.24. The lowest BCUT2D eigenvalue weighted by Gasteiger charge is -2.03. The maximum absolute atomic E-state index is 12.2. The average molecular weight is 406 g/mol. The van der Waals surface area contributed by atoms with Crippen molar-refractivity contribution in [2.45, 2.75) is 15.0 Å². The van der Waals surface area contributed by atoms with E-state index in [1.807, 2.05) is 30.3 Å². The molecule has 0 spiro atoms. The molecule has 0 atom stereocenters. The first-order chi connectivity index (χ1) is 12.5. The van der Waals surface area contributed by atoms with E-state index in [9.17, 15) is 13.2 Å². The molecule has 1 N–H and O–H groups in total. The zero-order chi connectivity index (χ0) is 18.4. The number of hydrogen-bond acceptors (Lipinski definition) is 7. The first-order valence-electron chi connectivity index (χ1n) is 7.61. The Balaban J connectivity index is 1.56. The summed E-state index contributed by atoms with van der Waals surface area (Å²) in [5.74, 6) is -0.529. The summed E-state index contributed by atoms with van der Waals surface area (Å²) in [5.41, 5.74) is 1.16. The Labute approximate surface area is 159 Å². The summed E-state index contributed by atoms with van der Waals surface area (Å²) in [5, 5.41) is 10.7. The molecule has 0 bridgehead atoms. The lowest BCUT2D eigenvalue weighted by atomic mass is 10.2. The number of anilines is 1. The Morgan fingerprint density at radius 3 is 2.35 bits per heavy atom. The second-order valence-electron chi connectivity index (χ2n) is 5.27. The second-order valence-corrected chi connectivity index (χ2v) is 9.46. The SMILES string of the molecule is O=C(CS(=O)(=O)c1ccccc1)Nc1nnc(SCc2ccccc2)s1. The number of benzene rings is 2. The molecule has 6 nitrogen and oxygen atoms in total. The molecule has 1 amide bonds. The van der Waals surface area contributed by atoms with Crippen molar-refractivity contribution >= 4 is 44.0 Å². The fraction of sp³-hybridized carbons (Fsp3) is 0.118. The van der Waals surface area contributed by atoms with Crippen molar-refractivity contribution < 1.29 is 13.2 Å². The van der Waals surface area contributed by atoms with Gasteiger partial charge in [0.15, 0.2) is 14.2 Å². The van der Waals surface area contributed by atoms with E-state index >= 15 is 0 Å². The molecule has 3 aromatic rings. The van der Waals surface area contributed by atoms with Gasteiger partial charge in [-0.2, -0.15) is 0 Å². The van der Waals surface area contributed by atoms with Crippen LogP contribution in [0.25, 0.3) is 0 Å². The van der Waals surface area contributed by atoms with Gasteiger partial charge in [-0.1, -0.05) is 71.6 Å². The third-order valence-corrected chi connectivity index (χ3v) is 6.96. The monoisotopic (exact) mass is 405 g/mol. The average Bonchev–Trinajstić information content (AvgIpc) is 3.08. The summed E-state index contributed by atoms with van der Waals surface area (Å²) in [6, 6.07) is 17.8. The van der Waals surface area contributed by atoms with Crippen molar-refractivity contribution in [1.29, 1.82) is 0 Å². The van der Waals surface area contributed by atoms with Gasteiger partial charge < -0.3 is 0 Å². The van der Waals surface area contributed by atoms with Gasteiger partial charge in [-0.05, 0) is 17.7 Å².